The third-order valence-corrected chi connectivity index (χ3v) is 15.4. The van der Waals surface area contributed by atoms with Gasteiger partial charge in [0.2, 0.25) is 0 Å². The van der Waals surface area contributed by atoms with Gasteiger partial charge in [-0.05, 0) is 69.1 Å². The van der Waals surface area contributed by atoms with Crippen molar-refractivity contribution in [2.24, 2.45) is 0 Å². The second kappa shape index (κ2) is 16.7. The highest BCUT2D eigenvalue weighted by Gasteiger charge is 2.51. The van der Waals surface area contributed by atoms with Crippen LogP contribution < -0.4 is 10.4 Å². The van der Waals surface area contributed by atoms with Gasteiger partial charge >= 0.3 is 5.97 Å². The van der Waals surface area contributed by atoms with E-state index in [9.17, 15) is 18.9 Å². The Morgan fingerprint density at radius 3 is 1.94 bits per heavy atom. The van der Waals surface area contributed by atoms with Crippen molar-refractivity contribution < 1.29 is 27.8 Å². The lowest BCUT2D eigenvalue weighted by Crippen LogP contribution is -2.68. The predicted molar refractivity (Wildman–Crippen MR) is 205 cm³/mol. The minimum Gasteiger partial charge on any atom is -0.481 e. The molecule has 0 saturated carbocycles. The van der Waals surface area contributed by atoms with E-state index in [2.05, 4.69) is 85.7 Å². The normalized spacial score (nSPS) is 13.7. The van der Waals surface area contributed by atoms with Crippen molar-refractivity contribution in [3.8, 4) is 11.1 Å². The molecule has 0 bridgehead atoms. The number of nitrogens with zero attached hydrogens (tertiary/aromatic N) is 1. The molecule has 0 aliphatic carbocycles. The van der Waals surface area contributed by atoms with Crippen LogP contribution in [-0.2, 0) is 30.1 Å². The molecule has 0 saturated heterocycles. The van der Waals surface area contributed by atoms with Crippen LogP contribution in [0, 0.1) is 5.82 Å². The van der Waals surface area contributed by atoms with Crippen LogP contribution in [0.1, 0.15) is 91.1 Å². The zero-order valence-corrected chi connectivity index (χ0v) is 32.8. The molecule has 9 heteroatoms. The molecule has 0 spiro atoms. The van der Waals surface area contributed by atoms with E-state index in [1.165, 1.54) is 12.1 Å². The molecule has 1 heterocycles. The van der Waals surface area contributed by atoms with Crippen LogP contribution in [0.15, 0.2) is 91.0 Å². The Labute approximate surface area is 299 Å². The molecule has 3 aromatic carbocycles. The summed E-state index contributed by atoms with van der Waals surface area (Å²) in [7, 11) is -5.74. The van der Waals surface area contributed by atoms with Crippen molar-refractivity contribution in [2.75, 3.05) is 12.8 Å². The molecule has 2 atom stereocenters. The van der Waals surface area contributed by atoms with E-state index in [4.69, 9.17) is 13.9 Å². The summed E-state index contributed by atoms with van der Waals surface area (Å²) >= 11 is 0. The number of pyridine rings is 1. The van der Waals surface area contributed by atoms with Gasteiger partial charge in [0, 0.05) is 23.0 Å². The van der Waals surface area contributed by atoms with Gasteiger partial charge in [-0.25, -0.2) is 4.39 Å². The molecule has 6 nitrogen and oxygen atoms in total. The quantitative estimate of drug-likeness (QED) is 0.0750. The molecule has 1 aromatic heterocycles. The number of carboxylic acids is 1. The van der Waals surface area contributed by atoms with Crippen LogP contribution in [0.4, 0.5) is 4.39 Å². The Hall–Kier alpha value is -3.42. The summed E-state index contributed by atoms with van der Waals surface area (Å²) in [4.78, 5) is 17.2. The molecule has 0 amide bonds. The largest absolute Gasteiger partial charge is 0.481 e. The lowest BCUT2D eigenvalue weighted by molar-refractivity contribution is -0.138. The monoisotopic (exact) mass is 717 g/mol. The molecular weight excluding hydrogens is 665 g/mol. The van der Waals surface area contributed by atoms with Crippen LogP contribution in [0.5, 0.6) is 0 Å². The highest BCUT2D eigenvalue weighted by molar-refractivity contribution is 7.39. The van der Waals surface area contributed by atoms with Gasteiger partial charge in [-0.2, -0.15) is 0 Å². The number of benzene rings is 3. The number of carbonyl (C=O) groups is 1. The molecule has 50 heavy (non-hydrogen) atoms. The molecular formula is C41H53FNO5PSi. The van der Waals surface area contributed by atoms with Crippen LogP contribution in [0.2, 0.25) is 5.04 Å². The fraction of sp³-hybridized carbons (Fsp3) is 0.415. The van der Waals surface area contributed by atoms with E-state index in [0.717, 1.165) is 38.5 Å². The minimum atomic E-state index is -3.08. The average molecular weight is 718 g/mol. The van der Waals surface area contributed by atoms with E-state index in [-0.39, 0.29) is 41.4 Å². The topological polar surface area (TPSA) is 85.7 Å². The van der Waals surface area contributed by atoms with Crippen LogP contribution >= 0.6 is 8.03 Å². The van der Waals surface area contributed by atoms with E-state index < -0.39 is 28.4 Å². The Morgan fingerprint density at radius 2 is 1.46 bits per heavy atom. The Morgan fingerprint density at radius 1 is 0.900 bits per heavy atom. The van der Waals surface area contributed by atoms with Gasteiger partial charge in [0.25, 0.3) is 8.32 Å². The summed E-state index contributed by atoms with van der Waals surface area (Å²) in [6.07, 6.45) is 0.122. The third kappa shape index (κ3) is 9.67. The van der Waals surface area contributed by atoms with Crippen molar-refractivity contribution in [2.45, 2.75) is 97.1 Å². The summed E-state index contributed by atoms with van der Waals surface area (Å²) in [5.74, 6) is -1.14. The molecule has 2 unspecified atom stereocenters. The fourth-order valence-electron chi connectivity index (χ4n) is 6.57. The molecule has 268 valence electrons. The highest BCUT2D eigenvalue weighted by atomic mass is 31.1. The maximum Gasteiger partial charge on any atom is 0.305 e. The summed E-state index contributed by atoms with van der Waals surface area (Å²) in [6, 6.07) is 28.7. The number of hydrogen-bond acceptors (Lipinski definition) is 5. The number of aliphatic carboxylic acids is 1. The Kier molecular flexibility index (Phi) is 13.2. The third-order valence-electron chi connectivity index (χ3n) is 9.02. The van der Waals surface area contributed by atoms with Crippen molar-refractivity contribution in [3.05, 3.63) is 114 Å². The van der Waals surface area contributed by atoms with Gasteiger partial charge in [0.1, 0.15) is 5.82 Å². The summed E-state index contributed by atoms with van der Waals surface area (Å²) in [5.41, 5.74) is 4.79. The summed E-state index contributed by atoms with van der Waals surface area (Å²) in [6.45, 7) is 17.3. The van der Waals surface area contributed by atoms with Crippen molar-refractivity contribution in [1.82, 2.24) is 4.98 Å². The highest BCUT2D eigenvalue weighted by Crippen LogP contribution is 2.40. The fourth-order valence-corrected chi connectivity index (χ4v) is 12.5. The molecule has 0 fully saturated rings. The second-order valence-electron chi connectivity index (χ2n) is 15.4. The second-order valence-corrected chi connectivity index (χ2v) is 21.1. The predicted octanol–water partition coefficient (Wildman–Crippen LogP) is 9.15. The SMILES string of the molecule is CC(C)c1nc(C(C)(C)C)cc(-c2ccc(F)cc2)c1CCCO[PH](=O)CC(CC(=O)O)O[Si](c1ccccc1)(c1ccccc1)C(C)(C)C. The first-order chi connectivity index (χ1) is 23.5. The van der Waals surface area contributed by atoms with Gasteiger partial charge in [-0.15, -0.1) is 0 Å². The molecule has 0 aliphatic heterocycles. The van der Waals surface area contributed by atoms with Gasteiger partial charge in [0.05, 0.1) is 19.1 Å². The van der Waals surface area contributed by atoms with Crippen LogP contribution in [-0.4, -0.2) is 43.2 Å². The van der Waals surface area contributed by atoms with Crippen molar-refractivity contribution in [3.63, 3.8) is 0 Å². The Balaban J connectivity index is 1.56. The molecule has 4 aromatic rings. The van der Waals surface area contributed by atoms with Gasteiger partial charge in [0.15, 0.2) is 8.03 Å². The van der Waals surface area contributed by atoms with Gasteiger partial charge < -0.3 is 14.1 Å². The lowest BCUT2D eigenvalue weighted by Gasteiger charge is -2.45. The van der Waals surface area contributed by atoms with Crippen LogP contribution in [0.25, 0.3) is 11.1 Å². The molecule has 4 rings (SSSR count). The van der Waals surface area contributed by atoms with Gasteiger partial charge in [-0.1, -0.05) is 128 Å². The van der Waals surface area contributed by atoms with E-state index in [0.29, 0.717) is 12.8 Å². The number of hydrogen-bond donors (Lipinski definition) is 1. The smallest absolute Gasteiger partial charge is 0.305 e. The number of aromatic nitrogens is 1. The first-order valence-electron chi connectivity index (χ1n) is 17.5. The molecule has 0 radical (unpaired) electrons. The summed E-state index contributed by atoms with van der Waals surface area (Å²) in [5, 5.41) is 11.6. The zero-order valence-electron chi connectivity index (χ0n) is 30.8. The molecule has 1 N–H and O–H groups in total. The minimum absolute atomic E-state index is 0.00136. The lowest BCUT2D eigenvalue weighted by atomic mass is 9.85. The summed E-state index contributed by atoms with van der Waals surface area (Å²) < 4.78 is 40.5. The average Bonchev–Trinajstić information content (AvgIpc) is 3.05. The molecule has 0 aliphatic rings. The van der Waals surface area contributed by atoms with Crippen LogP contribution in [0.3, 0.4) is 0 Å². The van der Waals surface area contributed by atoms with E-state index in [1.54, 1.807) is 12.1 Å². The number of rotatable bonds is 15. The van der Waals surface area contributed by atoms with E-state index in [1.807, 2.05) is 36.4 Å². The standard InChI is InChI=1S/C41H53FNO5PSi/c1-29(2)39-35(36(27-37(43-39)40(3,4)5)30-21-23-31(42)24-22-30)20-15-25-47-49(46)28-32(26-38(44)45)48-50(41(6,7)8,33-16-11-9-12-17-33)34-18-13-10-14-19-34/h9-14,16-19,21-24,27,29,32,49H,15,20,25-26,28H2,1-8H3,(H,44,45). The number of carboxylic acid groups (broad SMARTS) is 1. The first kappa shape index (κ1) is 39.4. The van der Waals surface area contributed by atoms with Crippen molar-refractivity contribution in [1.29, 1.82) is 0 Å². The first-order valence-corrected chi connectivity index (χ1v) is 20.9. The zero-order chi connectivity index (χ0) is 36.7. The Bertz CT molecular complexity index is 1700. The van der Waals surface area contributed by atoms with Gasteiger partial charge in [-0.3, -0.25) is 14.3 Å². The number of halogens is 1. The maximum atomic E-state index is 13.9. The van der Waals surface area contributed by atoms with Crippen molar-refractivity contribution >= 4 is 32.7 Å². The van der Waals surface area contributed by atoms with E-state index >= 15 is 0 Å². The maximum absolute atomic E-state index is 13.9.